The molecule has 1 unspecified atom stereocenters. The van der Waals surface area contributed by atoms with Gasteiger partial charge in [0.05, 0.1) is 17.1 Å². The quantitative estimate of drug-likeness (QED) is 0.773. The number of hydrogen-bond acceptors (Lipinski definition) is 5. The molecule has 2 saturated heterocycles. The fourth-order valence-corrected chi connectivity index (χ4v) is 5.90. The number of ether oxygens (including phenoxy) is 1. The number of nitrogens with zero attached hydrogens (tertiary/aromatic N) is 3. The molecule has 2 fully saturated rings. The van der Waals surface area contributed by atoms with E-state index in [1.165, 1.54) is 10.4 Å². The summed E-state index contributed by atoms with van der Waals surface area (Å²) in [4.78, 5) is 33.0. The lowest BCUT2D eigenvalue weighted by Gasteiger charge is -2.43. The maximum Gasteiger partial charge on any atom is 0.263 e. The van der Waals surface area contributed by atoms with Crippen LogP contribution in [0.25, 0.3) is 0 Å². The number of hydrogen-bond donors (Lipinski definition) is 0. The normalized spacial score (nSPS) is 24.9. The highest BCUT2D eigenvalue weighted by Crippen LogP contribution is 2.44. The number of likely N-dealkylation sites (tertiary alicyclic amines) is 2. The zero-order chi connectivity index (χ0) is 19.2. The van der Waals surface area contributed by atoms with Crippen molar-refractivity contribution in [2.45, 2.75) is 44.2 Å². The first-order valence-electron chi connectivity index (χ1n) is 9.88. The molecule has 0 aromatic carbocycles. The second-order valence-corrected chi connectivity index (χ2v) is 9.30. The molecule has 6 nitrogen and oxygen atoms in total. The summed E-state index contributed by atoms with van der Waals surface area (Å²) in [5.41, 5.74) is 0.878. The van der Waals surface area contributed by atoms with E-state index >= 15 is 0 Å². The van der Waals surface area contributed by atoms with Crippen LogP contribution in [0.15, 0.2) is 6.07 Å². The molecule has 148 valence electrons. The fourth-order valence-electron chi connectivity index (χ4n) is 4.69. The molecular formula is C20H29N3O3S. The minimum Gasteiger partial charge on any atom is -0.370 e. The molecule has 3 aliphatic rings. The van der Waals surface area contributed by atoms with Crippen molar-refractivity contribution in [2.24, 2.45) is 0 Å². The van der Waals surface area contributed by atoms with Crippen LogP contribution in [-0.4, -0.2) is 79.4 Å². The van der Waals surface area contributed by atoms with Crippen molar-refractivity contribution in [3.05, 3.63) is 21.4 Å². The van der Waals surface area contributed by atoms with Crippen molar-refractivity contribution in [2.75, 3.05) is 46.9 Å². The molecule has 0 aliphatic carbocycles. The average Bonchev–Trinajstić information content (AvgIpc) is 3.28. The minimum absolute atomic E-state index is 0.130. The summed E-state index contributed by atoms with van der Waals surface area (Å²) in [6, 6.07) is 2.38. The van der Waals surface area contributed by atoms with E-state index in [0.717, 1.165) is 56.7 Å². The van der Waals surface area contributed by atoms with Gasteiger partial charge in [-0.2, -0.15) is 0 Å². The molecule has 27 heavy (non-hydrogen) atoms. The van der Waals surface area contributed by atoms with E-state index in [4.69, 9.17) is 4.74 Å². The van der Waals surface area contributed by atoms with Gasteiger partial charge in [0.2, 0.25) is 5.91 Å². The summed E-state index contributed by atoms with van der Waals surface area (Å²) in [5, 5.41) is 0. The van der Waals surface area contributed by atoms with E-state index in [-0.39, 0.29) is 17.4 Å². The highest BCUT2D eigenvalue weighted by atomic mass is 32.1. The monoisotopic (exact) mass is 391 g/mol. The van der Waals surface area contributed by atoms with Crippen LogP contribution in [-0.2, 0) is 21.6 Å². The topological polar surface area (TPSA) is 53.1 Å². The minimum atomic E-state index is -0.319. The standard InChI is InChI=1S/C20H29N3O3S/c1-14(24)23-9-6-20(7-10-23)16-12-18(27-17(16)5-11-26-20)19(25)22(3)15-4-8-21(2)13-15/h12,15H,4-11,13H2,1-3H3. The van der Waals surface area contributed by atoms with Gasteiger partial charge in [-0.15, -0.1) is 11.3 Å². The van der Waals surface area contributed by atoms with Gasteiger partial charge >= 0.3 is 0 Å². The first kappa shape index (κ1) is 18.9. The number of carbonyl (C=O) groups is 2. The van der Waals surface area contributed by atoms with E-state index in [1.807, 2.05) is 16.8 Å². The predicted molar refractivity (Wildman–Crippen MR) is 105 cm³/mol. The van der Waals surface area contributed by atoms with Crippen LogP contribution in [0.3, 0.4) is 0 Å². The van der Waals surface area contributed by atoms with Gasteiger partial charge in [-0.3, -0.25) is 9.59 Å². The van der Waals surface area contributed by atoms with Gasteiger partial charge in [0.25, 0.3) is 5.91 Å². The number of fused-ring (bicyclic) bond motifs is 2. The molecule has 0 N–H and O–H groups in total. The first-order chi connectivity index (χ1) is 12.9. The van der Waals surface area contributed by atoms with Crippen LogP contribution in [0.5, 0.6) is 0 Å². The fraction of sp³-hybridized carbons (Fsp3) is 0.700. The lowest BCUT2D eigenvalue weighted by Crippen LogP contribution is -2.47. The zero-order valence-corrected chi connectivity index (χ0v) is 17.3. The summed E-state index contributed by atoms with van der Waals surface area (Å²) in [6.07, 6.45) is 3.54. The van der Waals surface area contributed by atoms with Crippen LogP contribution in [0, 0.1) is 0 Å². The molecule has 0 saturated carbocycles. The third-order valence-corrected chi connectivity index (χ3v) is 7.65. The van der Waals surface area contributed by atoms with Gasteiger partial charge < -0.3 is 19.4 Å². The molecule has 0 radical (unpaired) electrons. The Kier molecular flexibility index (Phi) is 5.03. The largest absolute Gasteiger partial charge is 0.370 e. The summed E-state index contributed by atoms with van der Waals surface area (Å²) in [6.45, 7) is 5.77. The maximum atomic E-state index is 13.1. The number of piperidine rings is 1. The smallest absolute Gasteiger partial charge is 0.263 e. The Morgan fingerprint density at radius 2 is 2.04 bits per heavy atom. The molecule has 1 spiro atoms. The molecule has 1 atom stereocenters. The molecule has 7 heteroatoms. The van der Waals surface area contributed by atoms with Crippen molar-refractivity contribution >= 4 is 23.2 Å². The van der Waals surface area contributed by atoms with Crippen LogP contribution in [0.1, 0.15) is 46.3 Å². The van der Waals surface area contributed by atoms with E-state index in [1.54, 1.807) is 18.3 Å². The molecule has 3 aliphatic heterocycles. The SMILES string of the molecule is CC(=O)N1CCC2(CC1)OCCc1sc(C(=O)N(C)C3CCN(C)C3)cc12. The van der Waals surface area contributed by atoms with Gasteiger partial charge in [0.1, 0.15) is 0 Å². The molecule has 0 bridgehead atoms. The highest BCUT2D eigenvalue weighted by Gasteiger charge is 2.43. The molecule has 2 amide bonds. The molecule has 4 heterocycles. The summed E-state index contributed by atoms with van der Waals surface area (Å²) in [5.74, 6) is 0.260. The third-order valence-electron chi connectivity index (χ3n) is 6.47. The summed E-state index contributed by atoms with van der Waals surface area (Å²) >= 11 is 1.64. The number of amides is 2. The zero-order valence-electron chi connectivity index (χ0n) is 16.5. The van der Waals surface area contributed by atoms with Crippen LogP contribution in [0.4, 0.5) is 0 Å². The van der Waals surface area contributed by atoms with E-state index < -0.39 is 0 Å². The maximum absolute atomic E-state index is 13.1. The molecule has 1 aromatic heterocycles. The third kappa shape index (κ3) is 3.41. The van der Waals surface area contributed by atoms with Crippen molar-refractivity contribution in [1.82, 2.24) is 14.7 Å². The van der Waals surface area contributed by atoms with Gasteiger partial charge in [0, 0.05) is 50.9 Å². The highest BCUT2D eigenvalue weighted by molar-refractivity contribution is 7.14. The molecule has 1 aromatic rings. The van der Waals surface area contributed by atoms with E-state index in [2.05, 4.69) is 18.0 Å². The van der Waals surface area contributed by atoms with Crippen LogP contribution < -0.4 is 0 Å². The van der Waals surface area contributed by atoms with Gasteiger partial charge in [0.15, 0.2) is 0 Å². The van der Waals surface area contributed by atoms with Gasteiger partial charge in [-0.25, -0.2) is 0 Å². The van der Waals surface area contributed by atoms with Crippen molar-refractivity contribution < 1.29 is 14.3 Å². The van der Waals surface area contributed by atoms with Crippen molar-refractivity contribution in [3.63, 3.8) is 0 Å². The second kappa shape index (κ2) is 7.18. The Labute approximate surface area is 165 Å². The predicted octanol–water partition coefficient (Wildman–Crippen LogP) is 1.93. The average molecular weight is 392 g/mol. The van der Waals surface area contributed by atoms with Crippen LogP contribution >= 0.6 is 11.3 Å². The van der Waals surface area contributed by atoms with Crippen molar-refractivity contribution in [1.29, 1.82) is 0 Å². The van der Waals surface area contributed by atoms with Gasteiger partial charge in [-0.1, -0.05) is 0 Å². The number of carbonyl (C=O) groups excluding carboxylic acids is 2. The number of likely N-dealkylation sites (N-methyl/N-ethyl adjacent to an activating group) is 2. The van der Waals surface area contributed by atoms with E-state index in [0.29, 0.717) is 12.6 Å². The Morgan fingerprint density at radius 1 is 1.30 bits per heavy atom. The molecule has 4 rings (SSSR count). The Hall–Kier alpha value is -1.44. The number of thiophene rings is 1. The Morgan fingerprint density at radius 3 is 2.67 bits per heavy atom. The van der Waals surface area contributed by atoms with Crippen molar-refractivity contribution in [3.8, 4) is 0 Å². The van der Waals surface area contributed by atoms with Gasteiger partial charge in [-0.05, 0) is 44.5 Å². The lowest BCUT2D eigenvalue weighted by molar-refractivity contribution is -0.138. The molecular weight excluding hydrogens is 362 g/mol. The van der Waals surface area contributed by atoms with Crippen LogP contribution in [0.2, 0.25) is 0 Å². The second-order valence-electron chi connectivity index (χ2n) is 8.17. The van der Waals surface area contributed by atoms with E-state index in [9.17, 15) is 9.59 Å². The Balaban J connectivity index is 1.54. The summed E-state index contributed by atoms with van der Waals surface area (Å²) in [7, 11) is 4.04. The Bertz CT molecular complexity index is 739. The number of rotatable bonds is 2. The lowest BCUT2D eigenvalue weighted by atomic mass is 9.82. The first-order valence-corrected chi connectivity index (χ1v) is 10.7. The summed E-state index contributed by atoms with van der Waals surface area (Å²) < 4.78 is 6.27.